The van der Waals surface area contributed by atoms with Crippen LogP contribution in [0.5, 0.6) is 11.5 Å². The van der Waals surface area contributed by atoms with Gasteiger partial charge in [0.1, 0.15) is 17.9 Å². The molecule has 2 aliphatic carbocycles. The number of benzene rings is 1. The van der Waals surface area contributed by atoms with Crippen LogP contribution in [-0.2, 0) is 35.7 Å². The van der Waals surface area contributed by atoms with Crippen LogP contribution in [0.4, 0.5) is 0 Å². The Balaban J connectivity index is 1.37. The van der Waals surface area contributed by atoms with Crippen LogP contribution in [0.25, 0.3) is 0 Å². The minimum absolute atomic E-state index is 0.0239. The first-order valence-electron chi connectivity index (χ1n) is 13.9. The molecule has 1 fully saturated rings. The molecular formula is C29H38N2O9. The summed E-state index contributed by atoms with van der Waals surface area (Å²) >= 11 is 0. The number of carbonyl (C=O) groups excluding carboxylic acids is 3. The minimum Gasteiger partial charge on any atom is -0.504 e. The smallest absolute Gasteiger partial charge is 0.352 e. The van der Waals surface area contributed by atoms with E-state index in [2.05, 4.69) is 10.2 Å². The molecule has 1 saturated heterocycles. The van der Waals surface area contributed by atoms with Crippen molar-refractivity contribution < 1.29 is 43.9 Å². The molecule has 40 heavy (non-hydrogen) atoms. The van der Waals surface area contributed by atoms with Gasteiger partial charge in [0.05, 0.1) is 11.0 Å². The molecule has 5 rings (SSSR count). The highest BCUT2D eigenvalue weighted by Gasteiger charge is 2.72. The molecule has 7 atom stereocenters. The Kier molecular flexibility index (Phi) is 7.12. The number of piperidine rings is 1. The summed E-state index contributed by atoms with van der Waals surface area (Å²) in [7, 11) is 1.98. The number of aliphatic hydroxyl groups is 2. The maximum absolute atomic E-state index is 13.2. The van der Waals surface area contributed by atoms with Gasteiger partial charge in [-0.2, -0.15) is 0 Å². The number of amides is 1. The molecule has 2 bridgehead atoms. The van der Waals surface area contributed by atoms with Gasteiger partial charge in [-0.3, -0.25) is 4.79 Å². The molecule has 0 radical (unpaired) electrons. The number of phenols is 1. The number of likely N-dealkylation sites (tertiary alicyclic amines) is 1. The fraction of sp³-hybridized carbons (Fsp3) is 0.621. The maximum atomic E-state index is 13.2. The molecule has 4 aliphatic rings. The lowest BCUT2D eigenvalue weighted by Gasteiger charge is -2.61. The van der Waals surface area contributed by atoms with Crippen LogP contribution in [0.3, 0.4) is 0 Å². The Hall–Kier alpha value is -3.15. The monoisotopic (exact) mass is 558 g/mol. The Morgan fingerprint density at radius 1 is 1.20 bits per heavy atom. The number of esters is 2. The van der Waals surface area contributed by atoms with E-state index in [1.54, 1.807) is 12.1 Å². The number of rotatable bonds is 8. The zero-order valence-corrected chi connectivity index (χ0v) is 23.5. The zero-order chi connectivity index (χ0) is 29.1. The van der Waals surface area contributed by atoms with E-state index >= 15 is 0 Å². The topological polar surface area (TPSA) is 155 Å². The molecule has 11 nitrogen and oxygen atoms in total. The first-order valence-corrected chi connectivity index (χ1v) is 13.9. The van der Waals surface area contributed by atoms with Gasteiger partial charge in [-0.15, -0.1) is 0 Å². The number of hydrogen-bond acceptors (Lipinski definition) is 10. The molecule has 1 spiro atoms. The lowest BCUT2D eigenvalue weighted by molar-refractivity contribution is -0.176. The normalized spacial score (nSPS) is 30.4. The molecule has 218 valence electrons. The molecule has 1 aromatic carbocycles. The second kappa shape index (κ2) is 10.0. The molecular weight excluding hydrogens is 520 g/mol. The Morgan fingerprint density at radius 3 is 2.60 bits per heavy atom. The van der Waals surface area contributed by atoms with E-state index in [0.717, 1.165) is 11.1 Å². The lowest BCUT2D eigenvalue weighted by Crippen LogP contribution is -2.74. The van der Waals surface area contributed by atoms with Gasteiger partial charge in [0.2, 0.25) is 5.91 Å². The van der Waals surface area contributed by atoms with E-state index < -0.39 is 53.2 Å². The molecule has 1 unspecified atom stereocenters. The number of nitrogens with zero attached hydrogens (tertiary/aromatic N) is 1. The van der Waals surface area contributed by atoms with Gasteiger partial charge < -0.3 is 39.7 Å². The van der Waals surface area contributed by atoms with Gasteiger partial charge in [-0.25, -0.2) is 9.59 Å². The quantitative estimate of drug-likeness (QED) is 0.341. The molecule has 1 amide bonds. The van der Waals surface area contributed by atoms with Crippen molar-refractivity contribution in [3.05, 3.63) is 35.1 Å². The van der Waals surface area contributed by atoms with Crippen molar-refractivity contribution in [2.75, 3.05) is 13.6 Å². The van der Waals surface area contributed by atoms with Crippen molar-refractivity contribution in [3.63, 3.8) is 0 Å². The molecule has 2 aliphatic heterocycles. The summed E-state index contributed by atoms with van der Waals surface area (Å²) in [6, 6.07) is 2.22. The van der Waals surface area contributed by atoms with Gasteiger partial charge in [0, 0.05) is 18.0 Å². The van der Waals surface area contributed by atoms with Crippen LogP contribution in [0.15, 0.2) is 24.0 Å². The van der Waals surface area contributed by atoms with Crippen LogP contribution < -0.4 is 10.1 Å². The Labute approximate surface area is 233 Å². The van der Waals surface area contributed by atoms with Crippen molar-refractivity contribution in [1.82, 2.24) is 10.2 Å². The summed E-state index contributed by atoms with van der Waals surface area (Å²) in [4.78, 5) is 40.2. The molecule has 2 heterocycles. The third kappa shape index (κ3) is 4.26. The van der Waals surface area contributed by atoms with E-state index in [-0.39, 0.29) is 36.3 Å². The number of phenolic OH excluding ortho intramolecular Hbond substituents is 1. The number of hydrogen-bond donors (Lipinski definition) is 4. The molecule has 11 heteroatoms. The zero-order valence-electron chi connectivity index (χ0n) is 23.5. The third-order valence-corrected chi connectivity index (χ3v) is 8.88. The summed E-state index contributed by atoms with van der Waals surface area (Å²) < 4.78 is 17.4. The minimum atomic E-state index is -1.31. The summed E-state index contributed by atoms with van der Waals surface area (Å²) in [5.41, 5.74) is -0.349. The highest BCUT2D eigenvalue weighted by Crippen LogP contribution is 2.65. The molecule has 1 aromatic rings. The van der Waals surface area contributed by atoms with Crippen molar-refractivity contribution in [3.8, 4) is 11.5 Å². The fourth-order valence-electron chi connectivity index (χ4n) is 6.92. The highest BCUT2D eigenvalue weighted by molar-refractivity contribution is 5.88. The maximum Gasteiger partial charge on any atom is 0.352 e. The van der Waals surface area contributed by atoms with E-state index in [1.807, 2.05) is 27.0 Å². The molecule has 4 N–H and O–H groups in total. The van der Waals surface area contributed by atoms with Gasteiger partial charge in [-0.1, -0.05) is 19.9 Å². The largest absolute Gasteiger partial charge is 0.504 e. The molecule has 0 saturated carbocycles. The second-order valence-electron chi connectivity index (χ2n) is 12.0. The summed E-state index contributed by atoms with van der Waals surface area (Å²) in [5, 5.41) is 34.9. The number of ether oxygens (including phenoxy) is 3. The third-order valence-electron chi connectivity index (χ3n) is 8.88. The van der Waals surface area contributed by atoms with E-state index in [9.17, 15) is 29.7 Å². The number of aromatic hydroxyl groups is 1. The van der Waals surface area contributed by atoms with Crippen LogP contribution in [0.1, 0.15) is 58.1 Å². The van der Waals surface area contributed by atoms with E-state index in [4.69, 9.17) is 14.2 Å². The fourth-order valence-corrected chi connectivity index (χ4v) is 6.92. The predicted octanol–water partition coefficient (Wildman–Crippen LogP) is 1.06. The predicted molar refractivity (Wildman–Crippen MR) is 141 cm³/mol. The van der Waals surface area contributed by atoms with Gasteiger partial charge in [0.15, 0.2) is 23.7 Å². The summed E-state index contributed by atoms with van der Waals surface area (Å²) in [6.07, 6.45) is -0.216. The SMILES string of the molecule is CC(C)CC(NC(=O)[C@H](C)O)C(=O)O[C@@H](C)C(=O)OC1=CC[C@@]2(O)[C@@H]3Cc4ccc(O)c5c4[C@@]2(CCN3C)[C@H]1O5. The Bertz CT molecular complexity index is 1260. The van der Waals surface area contributed by atoms with Crippen LogP contribution in [-0.4, -0.2) is 87.7 Å². The standard InChI is InChI=1S/C29H38N2O9/c1-14(2)12-18(30-25(34)15(3)32)27(36)38-16(4)26(35)39-20-8-9-29(37)21-13-17-6-7-19(33)23-22(17)28(29,24(20)40-23)10-11-31(21)5/h6-8,14-16,18,21,24,32-33,37H,9-13H2,1-5H3,(H,30,34)/t15-,16-,18?,21-,24-,28-,29+/m0/s1. The van der Waals surface area contributed by atoms with Crippen LogP contribution in [0.2, 0.25) is 0 Å². The van der Waals surface area contributed by atoms with Gasteiger partial charge in [0.25, 0.3) is 0 Å². The van der Waals surface area contributed by atoms with Crippen LogP contribution >= 0.6 is 0 Å². The lowest BCUT2D eigenvalue weighted by atomic mass is 9.50. The van der Waals surface area contributed by atoms with E-state index in [1.165, 1.54) is 13.8 Å². The number of aliphatic hydroxyl groups excluding tert-OH is 1. The van der Waals surface area contributed by atoms with Crippen molar-refractivity contribution in [2.45, 2.75) is 94.8 Å². The van der Waals surface area contributed by atoms with Crippen molar-refractivity contribution in [1.29, 1.82) is 0 Å². The van der Waals surface area contributed by atoms with Gasteiger partial charge >= 0.3 is 11.9 Å². The van der Waals surface area contributed by atoms with Crippen LogP contribution in [0, 0.1) is 5.92 Å². The first kappa shape index (κ1) is 28.4. The average molecular weight is 559 g/mol. The summed E-state index contributed by atoms with van der Waals surface area (Å²) in [6.45, 7) is 7.08. The first-order chi connectivity index (χ1) is 18.8. The van der Waals surface area contributed by atoms with Crippen molar-refractivity contribution >= 4 is 17.8 Å². The highest BCUT2D eigenvalue weighted by atomic mass is 16.6. The number of likely N-dealkylation sites (N-methyl/N-ethyl adjacent to an activating group) is 1. The number of nitrogens with one attached hydrogen (secondary N) is 1. The number of carbonyl (C=O) groups is 3. The Morgan fingerprint density at radius 2 is 1.93 bits per heavy atom. The van der Waals surface area contributed by atoms with Gasteiger partial charge in [-0.05, 0) is 70.3 Å². The molecule has 0 aromatic heterocycles. The average Bonchev–Trinajstić information content (AvgIpc) is 3.24. The van der Waals surface area contributed by atoms with E-state index in [0.29, 0.717) is 25.1 Å². The second-order valence-corrected chi connectivity index (χ2v) is 12.0. The van der Waals surface area contributed by atoms with Crippen molar-refractivity contribution in [2.24, 2.45) is 5.92 Å². The summed E-state index contributed by atoms with van der Waals surface area (Å²) in [5.74, 6) is -1.89.